The zero-order chi connectivity index (χ0) is 18.8. The summed E-state index contributed by atoms with van der Waals surface area (Å²) >= 11 is 0. The van der Waals surface area contributed by atoms with Crippen LogP contribution in [0.1, 0.15) is 23.9 Å². The van der Waals surface area contributed by atoms with Gasteiger partial charge in [0.1, 0.15) is 0 Å². The molecule has 2 N–H and O–H groups in total. The molecular weight excluding hydrogens is 348 g/mol. The van der Waals surface area contributed by atoms with Gasteiger partial charge < -0.3 is 20.1 Å². The van der Waals surface area contributed by atoms with Crippen LogP contribution in [0.3, 0.4) is 0 Å². The maximum atomic E-state index is 10.9. The molecule has 1 aliphatic heterocycles. The van der Waals surface area contributed by atoms with Crippen LogP contribution in [0.4, 0.5) is 5.69 Å². The molecule has 1 aromatic heterocycles. The number of likely N-dealkylation sites (tertiary alicyclic amines) is 1. The molecule has 0 radical (unpaired) electrons. The van der Waals surface area contributed by atoms with Crippen LogP contribution < -0.4 is 5.23 Å². The minimum Gasteiger partial charge on any atom is -0.733 e. The van der Waals surface area contributed by atoms with Crippen LogP contribution in [0.25, 0.3) is 11.4 Å². The van der Waals surface area contributed by atoms with E-state index in [0.29, 0.717) is 31.2 Å². The monoisotopic (exact) mass is 367 g/mol. The van der Waals surface area contributed by atoms with Crippen molar-refractivity contribution in [2.24, 2.45) is 0 Å². The highest BCUT2D eigenvalue weighted by Crippen LogP contribution is 2.33. The van der Waals surface area contributed by atoms with E-state index in [1.807, 2.05) is 30.3 Å². The minimum atomic E-state index is -0.476. The van der Waals surface area contributed by atoms with Crippen molar-refractivity contribution in [1.82, 2.24) is 15.0 Å². The van der Waals surface area contributed by atoms with Gasteiger partial charge in [0.2, 0.25) is 11.7 Å². The van der Waals surface area contributed by atoms with Crippen LogP contribution in [0.15, 0.2) is 59.1 Å². The Morgan fingerprint density at radius 2 is 1.89 bits per heavy atom. The van der Waals surface area contributed by atoms with Crippen molar-refractivity contribution < 1.29 is 14.8 Å². The van der Waals surface area contributed by atoms with Crippen LogP contribution in [-0.2, 0) is 6.54 Å². The predicted octanol–water partition coefficient (Wildman–Crippen LogP) is 2.74. The smallest absolute Gasteiger partial charge is 0.244 e. The molecular formula is C19H19N4O4-. The molecule has 1 saturated heterocycles. The lowest BCUT2D eigenvalue weighted by Crippen LogP contribution is -2.24. The number of aliphatic hydroxyl groups is 1. The lowest BCUT2D eigenvalue weighted by Gasteiger charge is -2.23. The van der Waals surface area contributed by atoms with Crippen molar-refractivity contribution >= 4 is 5.69 Å². The topological polar surface area (TPSA) is 109 Å². The van der Waals surface area contributed by atoms with Gasteiger partial charge in [0.05, 0.1) is 17.8 Å². The highest BCUT2D eigenvalue weighted by molar-refractivity contribution is 5.53. The molecule has 0 amide bonds. The SMILES string of the molecule is [O-]N(O)c1ccc(CN2C[C@H](O)C[C@@H]2c2nc(-c3ccccc3)no2)cc1. The molecule has 4 rings (SSSR count). The van der Waals surface area contributed by atoms with Gasteiger partial charge in [-0.05, 0) is 24.1 Å². The fraction of sp³-hybridized carbons (Fsp3) is 0.263. The molecule has 3 aromatic rings. The number of anilines is 1. The Labute approximate surface area is 155 Å². The van der Waals surface area contributed by atoms with Gasteiger partial charge in [-0.2, -0.15) is 4.98 Å². The first-order valence-electron chi connectivity index (χ1n) is 8.66. The molecule has 8 nitrogen and oxygen atoms in total. The Hall–Kier alpha value is -2.78. The van der Waals surface area contributed by atoms with E-state index in [4.69, 9.17) is 9.73 Å². The van der Waals surface area contributed by atoms with Crippen molar-refractivity contribution in [1.29, 1.82) is 0 Å². The predicted molar refractivity (Wildman–Crippen MR) is 97.6 cm³/mol. The van der Waals surface area contributed by atoms with Crippen LogP contribution in [0.5, 0.6) is 0 Å². The number of hydrogen-bond acceptors (Lipinski definition) is 8. The van der Waals surface area contributed by atoms with Gasteiger partial charge in [-0.3, -0.25) is 10.1 Å². The molecule has 0 saturated carbocycles. The quantitative estimate of drug-likeness (QED) is 0.663. The average Bonchev–Trinajstić information content (AvgIpc) is 3.29. The van der Waals surface area contributed by atoms with Gasteiger partial charge in [0.25, 0.3) is 0 Å². The van der Waals surface area contributed by atoms with Crippen LogP contribution >= 0.6 is 0 Å². The Bertz CT molecular complexity index is 882. The van der Waals surface area contributed by atoms with E-state index < -0.39 is 6.10 Å². The molecule has 1 fully saturated rings. The van der Waals surface area contributed by atoms with E-state index >= 15 is 0 Å². The third-order valence-corrected chi connectivity index (χ3v) is 4.68. The molecule has 2 atom stereocenters. The summed E-state index contributed by atoms with van der Waals surface area (Å²) in [6.45, 7) is 1.04. The van der Waals surface area contributed by atoms with E-state index in [1.165, 1.54) is 0 Å². The molecule has 0 spiro atoms. The molecule has 2 aromatic carbocycles. The molecule has 0 unspecified atom stereocenters. The molecule has 0 bridgehead atoms. The molecule has 140 valence electrons. The standard InChI is InChI=1S/C19H19N4O4/c24-16-10-17(19-20-18(21-27-19)14-4-2-1-3-5-14)22(12-16)11-13-6-8-15(9-7-13)23(25)26/h1-9,16-17,24-25H,10-12H2/q-1/t16-,17-/m1/s1. The Morgan fingerprint density at radius 1 is 1.15 bits per heavy atom. The number of benzene rings is 2. The summed E-state index contributed by atoms with van der Waals surface area (Å²) in [7, 11) is 0. The zero-order valence-electron chi connectivity index (χ0n) is 14.5. The zero-order valence-corrected chi connectivity index (χ0v) is 14.5. The van der Waals surface area contributed by atoms with Crippen molar-refractivity contribution in [2.45, 2.75) is 25.1 Å². The third-order valence-electron chi connectivity index (χ3n) is 4.68. The van der Waals surface area contributed by atoms with Gasteiger partial charge in [0.15, 0.2) is 0 Å². The number of nitrogens with zero attached hydrogens (tertiary/aromatic N) is 4. The van der Waals surface area contributed by atoms with Crippen LogP contribution in [0, 0.1) is 5.21 Å². The van der Waals surface area contributed by atoms with Gasteiger partial charge >= 0.3 is 0 Å². The van der Waals surface area contributed by atoms with Crippen LogP contribution in [-0.4, -0.2) is 38.0 Å². The Balaban J connectivity index is 1.52. The summed E-state index contributed by atoms with van der Waals surface area (Å²) in [5.74, 6) is 0.998. The van der Waals surface area contributed by atoms with Crippen LogP contribution in [0.2, 0.25) is 0 Å². The lowest BCUT2D eigenvalue weighted by molar-refractivity contribution is 0.169. The fourth-order valence-corrected chi connectivity index (χ4v) is 3.35. The van der Waals surface area contributed by atoms with Crippen molar-refractivity contribution in [3.63, 3.8) is 0 Å². The van der Waals surface area contributed by atoms with E-state index in [1.54, 1.807) is 24.3 Å². The summed E-state index contributed by atoms with van der Waals surface area (Å²) in [5, 5.41) is 33.9. The maximum Gasteiger partial charge on any atom is 0.244 e. The second-order valence-corrected chi connectivity index (χ2v) is 6.60. The number of aromatic nitrogens is 2. The van der Waals surface area contributed by atoms with Gasteiger partial charge in [-0.25, -0.2) is 0 Å². The number of rotatable bonds is 5. The third kappa shape index (κ3) is 3.83. The van der Waals surface area contributed by atoms with Gasteiger partial charge in [0, 0.05) is 18.7 Å². The first kappa shape index (κ1) is 17.6. The largest absolute Gasteiger partial charge is 0.733 e. The van der Waals surface area contributed by atoms with Crippen molar-refractivity contribution in [2.75, 3.05) is 11.8 Å². The molecule has 2 heterocycles. The minimum absolute atomic E-state index is 0.168. The normalized spacial score (nSPS) is 20.1. The molecule has 8 heteroatoms. The summed E-state index contributed by atoms with van der Waals surface area (Å²) < 4.78 is 5.47. The number of hydrogen-bond donors (Lipinski definition) is 2. The Morgan fingerprint density at radius 3 is 2.59 bits per heavy atom. The second-order valence-electron chi connectivity index (χ2n) is 6.60. The van der Waals surface area contributed by atoms with E-state index in [-0.39, 0.29) is 17.0 Å². The van der Waals surface area contributed by atoms with E-state index in [0.717, 1.165) is 11.1 Å². The van der Waals surface area contributed by atoms with E-state index in [2.05, 4.69) is 15.0 Å². The number of aliphatic hydroxyl groups excluding tert-OH is 1. The first-order chi connectivity index (χ1) is 13.1. The summed E-state index contributed by atoms with van der Waals surface area (Å²) in [4.78, 5) is 6.58. The second kappa shape index (κ2) is 7.45. The van der Waals surface area contributed by atoms with E-state index in [9.17, 15) is 10.3 Å². The van der Waals surface area contributed by atoms with Crippen molar-refractivity contribution in [3.8, 4) is 11.4 Å². The fourth-order valence-electron chi connectivity index (χ4n) is 3.35. The summed E-state index contributed by atoms with van der Waals surface area (Å²) in [5.41, 5.74) is 1.99. The van der Waals surface area contributed by atoms with Gasteiger partial charge in [-0.1, -0.05) is 47.6 Å². The summed E-state index contributed by atoms with van der Waals surface area (Å²) in [6.07, 6.45) is 0.0374. The van der Waals surface area contributed by atoms with Gasteiger partial charge in [-0.15, -0.1) is 0 Å². The average molecular weight is 367 g/mol. The maximum absolute atomic E-state index is 10.9. The van der Waals surface area contributed by atoms with Crippen molar-refractivity contribution in [3.05, 3.63) is 71.3 Å². The highest BCUT2D eigenvalue weighted by Gasteiger charge is 2.35. The molecule has 27 heavy (non-hydrogen) atoms. The highest BCUT2D eigenvalue weighted by atomic mass is 16.8. The Kier molecular flexibility index (Phi) is 4.87. The number of β-amino-alcohol motifs (C(OH)–C–C–N with tert-alkyl or cyclic N) is 1. The first-order valence-corrected chi connectivity index (χ1v) is 8.66. The molecule has 1 aliphatic rings. The molecule has 0 aliphatic carbocycles. The summed E-state index contributed by atoms with van der Waals surface area (Å²) in [6, 6.07) is 16.0. The lowest BCUT2D eigenvalue weighted by atomic mass is 10.1.